The molecule has 9 aromatic heterocycles. The Bertz CT molecular complexity index is 8940. The molecular formula is C117H75N15. The summed E-state index contributed by atoms with van der Waals surface area (Å²) in [6.07, 6.45) is 0. The lowest BCUT2D eigenvalue weighted by molar-refractivity contribution is 0.953. The molecule has 0 spiro atoms. The summed E-state index contributed by atoms with van der Waals surface area (Å²) in [5.74, 6) is 5.61. The van der Waals surface area contributed by atoms with Crippen molar-refractivity contribution in [1.29, 1.82) is 0 Å². The molecule has 0 N–H and O–H groups in total. The van der Waals surface area contributed by atoms with Gasteiger partial charge < -0.3 is 13.7 Å². The van der Waals surface area contributed by atoms with Crippen LogP contribution < -0.4 is 0 Å². The molecule has 0 radical (unpaired) electrons. The predicted octanol–water partition coefficient (Wildman–Crippen LogP) is 28.2. The predicted molar refractivity (Wildman–Crippen MR) is 538 cm³/mol. The third kappa shape index (κ3) is 12.9. The Morgan fingerprint density at radius 1 is 0.129 bits per heavy atom. The van der Waals surface area contributed by atoms with Crippen LogP contribution in [0, 0.1) is 0 Å². The summed E-state index contributed by atoms with van der Waals surface area (Å²) in [7, 11) is 0. The van der Waals surface area contributed by atoms with Gasteiger partial charge in [0.2, 0.25) is 17.8 Å². The van der Waals surface area contributed by atoms with Crippen LogP contribution in [0.1, 0.15) is 0 Å². The smallest absolute Gasteiger partial charge is 0.238 e. The van der Waals surface area contributed by atoms with Gasteiger partial charge >= 0.3 is 0 Å². The van der Waals surface area contributed by atoms with Crippen molar-refractivity contribution in [3.63, 3.8) is 0 Å². The summed E-state index contributed by atoms with van der Waals surface area (Å²) >= 11 is 0. The zero-order chi connectivity index (χ0) is 87.1. The molecule has 0 aliphatic carbocycles. The van der Waals surface area contributed by atoms with Gasteiger partial charge in [0.15, 0.2) is 34.9 Å². The highest BCUT2D eigenvalue weighted by molar-refractivity contribution is 6.28. The van der Waals surface area contributed by atoms with E-state index in [1.165, 1.54) is 59.8 Å². The molecule has 27 rings (SSSR count). The van der Waals surface area contributed by atoms with E-state index in [9.17, 15) is 0 Å². The molecule has 0 atom stereocenters. The minimum absolute atomic E-state index is 0.589. The summed E-state index contributed by atoms with van der Waals surface area (Å²) in [5.41, 5.74) is 22.4. The maximum atomic E-state index is 5.16. The summed E-state index contributed by atoms with van der Waals surface area (Å²) in [4.78, 5) is 45.6. The first-order valence-corrected chi connectivity index (χ1v) is 44.2. The first-order valence-electron chi connectivity index (χ1n) is 44.2. The molecule has 0 saturated carbocycles. The zero-order valence-corrected chi connectivity index (χ0v) is 71.0. The first-order chi connectivity index (χ1) is 65.5. The fourth-order valence-electron chi connectivity index (χ4n) is 19.3. The lowest BCUT2D eigenvalue weighted by Crippen LogP contribution is -2.06. The Kier molecular flexibility index (Phi) is 18.5. The van der Waals surface area contributed by atoms with Crippen LogP contribution in [0.25, 0.3) is 234 Å². The van der Waals surface area contributed by atoms with Crippen LogP contribution in [0.4, 0.5) is 0 Å². The number of rotatable bonds is 12. The molecule has 0 amide bonds. The van der Waals surface area contributed by atoms with Crippen molar-refractivity contribution >= 4 is 131 Å². The average molecular weight is 1690 g/mol. The van der Waals surface area contributed by atoms with Crippen LogP contribution in [0.3, 0.4) is 0 Å². The molecule has 15 nitrogen and oxygen atoms in total. The van der Waals surface area contributed by atoms with Crippen molar-refractivity contribution in [2.45, 2.75) is 0 Å². The number of nitrogens with zero attached hydrogens (tertiary/aromatic N) is 15. The van der Waals surface area contributed by atoms with Crippen LogP contribution in [-0.4, -0.2) is 72.3 Å². The number of hydrogen-bond donors (Lipinski definition) is 0. The van der Waals surface area contributed by atoms with Gasteiger partial charge in [-0.1, -0.05) is 358 Å². The largest absolute Gasteiger partial charge is 0.309 e. The van der Waals surface area contributed by atoms with Crippen molar-refractivity contribution in [3.8, 4) is 103 Å². The van der Waals surface area contributed by atoms with E-state index in [1.54, 1.807) is 0 Å². The highest BCUT2D eigenvalue weighted by Crippen LogP contribution is 2.46. The zero-order valence-electron chi connectivity index (χ0n) is 71.0. The Labute approximate surface area is 756 Å². The summed E-state index contributed by atoms with van der Waals surface area (Å²) in [5, 5.41) is 14.1. The maximum absolute atomic E-state index is 5.16. The molecule has 0 fully saturated rings. The fraction of sp³-hybridized carbons (Fsp3) is 0. The van der Waals surface area contributed by atoms with Gasteiger partial charge in [-0.25, -0.2) is 15.0 Å². The second-order valence-corrected chi connectivity index (χ2v) is 32.8. The van der Waals surface area contributed by atoms with Crippen molar-refractivity contribution < 1.29 is 0 Å². The molecule has 18 aromatic carbocycles. The van der Waals surface area contributed by atoms with E-state index < -0.39 is 0 Å². The Hall–Kier alpha value is -18.2. The number of para-hydroxylation sites is 9. The number of benzene rings is 18. The Balaban J connectivity index is 0.000000106. The number of fused-ring (bicyclic) bond motifs is 20. The third-order valence-electron chi connectivity index (χ3n) is 25.1. The molecule has 15 heteroatoms. The molecular weight excluding hydrogens is 1620 g/mol. The molecule has 9 heterocycles. The highest BCUT2D eigenvalue weighted by atomic mass is 15.2. The van der Waals surface area contributed by atoms with E-state index in [1.807, 2.05) is 182 Å². The standard InChI is InChI=1S/3C39H25N5/c1-4-14-26(15-5-1)37-40-38(27-16-6-2-7-17-27)42-39(41-37)44-34-23-13-11-21-30(34)32-24-35-31(25-36(32)44)29-20-10-12-22-33(29)43(35)28-18-8-3-9-19-28;1-4-14-26(15-5-1)37-40-38(27-16-6-2-7-17-27)42-39(41-37)44-32-22-12-10-20-29(32)30-24-25-34-35(36(30)44)31-21-11-13-23-33(31)43(34)28-18-8-3-9-19-28;1-4-14-26(15-5-1)37-40-38(27-16-6-2-7-17-27)42-39(41-37)44-33-23-13-11-21-31(33)35-34(44)25-24-30-29-20-10-12-22-32(29)43(36(30)35)28-18-8-3-9-19-28/h3*1-25H. The minimum atomic E-state index is 0.589. The van der Waals surface area contributed by atoms with Crippen molar-refractivity contribution in [3.05, 3.63) is 455 Å². The maximum Gasteiger partial charge on any atom is 0.238 e. The Morgan fingerprint density at radius 3 is 0.682 bits per heavy atom. The topological polar surface area (TPSA) is 146 Å². The van der Waals surface area contributed by atoms with Gasteiger partial charge in [-0.05, 0) is 97.1 Å². The summed E-state index contributed by atoms with van der Waals surface area (Å²) in [6, 6.07) is 158. The van der Waals surface area contributed by atoms with E-state index in [0.29, 0.717) is 52.8 Å². The monoisotopic (exact) mass is 1690 g/mol. The van der Waals surface area contributed by atoms with Crippen molar-refractivity contribution in [1.82, 2.24) is 72.3 Å². The van der Waals surface area contributed by atoms with Crippen molar-refractivity contribution in [2.75, 3.05) is 0 Å². The molecule has 0 unspecified atom stereocenters. The lowest BCUT2D eigenvalue weighted by atomic mass is 10.1. The van der Waals surface area contributed by atoms with E-state index >= 15 is 0 Å². The minimum Gasteiger partial charge on any atom is -0.309 e. The molecule has 132 heavy (non-hydrogen) atoms. The molecule has 0 aliphatic heterocycles. The molecule has 0 saturated heterocycles. The summed E-state index contributed by atoms with van der Waals surface area (Å²) in [6.45, 7) is 0. The number of aromatic nitrogens is 15. The quantitative estimate of drug-likeness (QED) is 0.117. The highest BCUT2D eigenvalue weighted by Gasteiger charge is 2.28. The van der Waals surface area contributed by atoms with Gasteiger partial charge in [-0.2, -0.15) is 29.9 Å². The lowest BCUT2D eigenvalue weighted by Gasteiger charge is -2.11. The normalized spacial score (nSPS) is 11.6. The van der Waals surface area contributed by atoms with Gasteiger partial charge in [-0.3, -0.25) is 13.7 Å². The average Bonchev–Trinajstić information content (AvgIpc) is 1.55. The molecule has 0 aliphatic rings. The van der Waals surface area contributed by atoms with Gasteiger partial charge in [0.1, 0.15) is 0 Å². The van der Waals surface area contributed by atoms with Crippen LogP contribution in [-0.2, 0) is 0 Å². The third-order valence-corrected chi connectivity index (χ3v) is 25.1. The van der Waals surface area contributed by atoms with Crippen LogP contribution in [0.2, 0.25) is 0 Å². The van der Waals surface area contributed by atoms with Crippen molar-refractivity contribution in [2.24, 2.45) is 0 Å². The summed E-state index contributed by atoms with van der Waals surface area (Å²) < 4.78 is 13.7. The van der Waals surface area contributed by atoms with Gasteiger partial charge in [-0.15, -0.1) is 0 Å². The van der Waals surface area contributed by atoms with Crippen LogP contribution in [0.5, 0.6) is 0 Å². The Morgan fingerprint density at radius 2 is 0.341 bits per heavy atom. The van der Waals surface area contributed by atoms with E-state index in [-0.39, 0.29) is 0 Å². The van der Waals surface area contributed by atoms with Crippen LogP contribution in [0.15, 0.2) is 455 Å². The second-order valence-electron chi connectivity index (χ2n) is 32.8. The first kappa shape index (κ1) is 76.2. The fourth-order valence-corrected chi connectivity index (χ4v) is 19.3. The number of hydrogen-bond acceptors (Lipinski definition) is 9. The van der Waals surface area contributed by atoms with Gasteiger partial charge in [0.05, 0.1) is 66.2 Å². The second kappa shape index (κ2) is 32.0. The van der Waals surface area contributed by atoms with Crippen LogP contribution >= 0.6 is 0 Å². The molecule has 0 bridgehead atoms. The SMILES string of the molecule is c1ccc(-c2nc(-c3ccccc3)nc(-n3c4ccccc4c4c3ccc3c5ccccc5n(-c5ccccc5)c34)n2)cc1.c1ccc(-c2nc(-c3ccccc3)nc(-n3c4ccccc4c4cc5c(cc43)c3ccccc3n5-c3ccccc3)n2)cc1.c1ccc(-c2nc(-c3ccccc3)nc(-n3c4ccccc4c4ccc5c(c6ccccc6n5-c5ccccc5)c43)n2)cc1. The molecule has 618 valence electrons. The van der Waals surface area contributed by atoms with E-state index in [4.69, 9.17) is 44.9 Å². The van der Waals surface area contributed by atoms with Gasteiger partial charge in [0.25, 0.3) is 0 Å². The molecule has 27 aromatic rings. The van der Waals surface area contributed by atoms with Gasteiger partial charge in [0, 0.05) is 115 Å². The van der Waals surface area contributed by atoms with E-state index in [0.717, 1.165) is 122 Å². The van der Waals surface area contributed by atoms with E-state index in [2.05, 4.69) is 300 Å².